The number of ether oxygens (including phenoxy) is 3. The van der Waals surface area contributed by atoms with Crippen LogP contribution >= 0.6 is 0 Å². The Balaban J connectivity index is 2.01. The fraction of sp³-hybridized carbons (Fsp3) is 0.294. The number of nitrogens with zero attached hydrogens (tertiary/aromatic N) is 1. The van der Waals surface area contributed by atoms with Crippen molar-refractivity contribution in [3.8, 4) is 17.2 Å². The van der Waals surface area contributed by atoms with E-state index in [9.17, 15) is 0 Å². The summed E-state index contributed by atoms with van der Waals surface area (Å²) in [5, 5.41) is 0. The van der Waals surface area contributed by atoms with Crippen molar-refractivity contribution in [2.75, 3.05) is 26.2 Å². The standard InChI is InChI=1S/C17H19NO3/c1-19-15-9-8-14(16(20-2)17(15)21-3)18-10-12-6-4-5-7-13(12)11-18/h4-9H,10-11H2,1-3H3. The molecule has 0 aromatic heterocycles. The van der Waals surface area contributed by atoms with Crippen LogP contribution in [-0.4, -0.2) is 21.3 Å². The average Bonchev–Trinajstić information content (AvgIpc) is 2.96. The van der Waals surface area contributed by atoms with E-state index in [1.165, 1.54) is 11.1 Å². The zero-order valence-corrected chi connectivity index (χ0v) is 12.6. The molecule has 21 heavy (non-hydrogen) atoms. The number of methoxy groups -OCH3 is 3. The van der Waals surface area contributed by atoms with Gasteiger partial charge in [-0.2, -0.15) is 0 Å². The minimum Gasteiger partial charge on any atom is -0.493 e. The lowest BCUT2D eigenvalue weighted by Crippen LogP contribution is -2.16. The van der Waals surface area contributed by atoms with Crippen molar-refractivity contribution < 1.29 is 14.2 Å². The van der Waals surface area contributed by atoms with Crippen molar-refractivity contribution in [3.05, 3.63) is 47.5 Å². The summed E-state index contributed by atoms with van der Waals surface area (Å²) in [5.74, 6) is 2.02. The van der Waals surface area contributed by atoms with Crippen LogP contribution in [-0.2, 0) is 13.1 Å². The normalized spacial score (nSPS) is 13.0. The summed E-state index contributed by atoms with van der Waals surface area (Å²) in [6, 6.07) is 12.4. The van der Waals surface area contributed by atoms with Gasteiger partial charge in [0.25, 0.3) is 0 Å². The molecule has 0 aliphatic carbocycles. The predicted molar refractivity (Wildman–Crippen MR) is 82.4 cm³/mol. The molecule has 0 radical (unpaired) electrons. The molecular formula is C17H19NO3. The van der Waals surface area contributed by atoms with E-state index in [0.717, 1.165) is 18.8 Å². The highest BCUT2D eigenvalue weighted by molar-refractivity contribution is 5.70. The summed E-state index contributed by atoms with van der Waals surface area (Å²) in [6.45, 7) is 1.75. The van der Waals surface area contributed by atoms with Crippen LogP contribution in [0.2, 0.25) is 0 Å². The minimum absolute atomic E-state index is 0.633. The molecular weight excluding hydrogens is 266 g/mol. The highest BCUT2D eigenvalue weighted by Gasteiger charge is 2.24. The molecule has 2 aromatic rings. The summed E-state index contributed by atoms with van der Waals surface area (Å²) in [5.41, 5.74) is 3.73. The van der Waals surface area contributed by atoms with E-state index >= 15 is 0 Å². The third-order valence-electron chi connectivity index (χ3n) is 3.86. The maximum atomic E-state index is 5.57. The van der Waals surface area contributed by atoms with Crippen LogP contribution in [0.5, 0.6) is 17.2 Å². The number of hydrogen-bond donors (Lipinski definition) is 0. The first-order valence-electron chi connectivity index (χ1n) is 6.89. The van der Waals surface area contributed by atoms with E-state index < -0.39 is 0 Å². The van der Waals surface area contributed by atoms with Crippen molar-refractivity contribution in [2.24, 2.45) is 0 Å². The molecule has 0 saturated heterocycles. The fourth-order valence-corrected chi connectivity index (χ4v) is 2.84. The third kappa shape index (κ3) is 2.27. The molecule has 0 amide bonds. The van der Waals surface area contributed by atoms with Crippen LogP contribution in [0.4, 0.5) is 5.69 Å². The van der Waals surface area contributed by atoms with E-state index in [2.05, 4.69) is 29.2 Å². The molecule has 0 N–H and O–H groups in total. The maximum Gasteiger partial charge on any atom is 0.205 e. The molecule has 1 aliphatic rings. The Morgan fingerprint density at radius 1 is 0.762 bits per heavy atom. The average molecular weight is 285 g/mol. The molecule has 2 aromatic carbocycles. The molecule has 0 atom stereocenters. The molecule has 4 nitrogen and oxygen atoms in total. The van der Waals surface area contributed by atoms with Gasteiger partial charge in [0.05, 0.1) is 27.0 Å². The Morgan fingerprint density at radius 2 is 1.38 bits per heavy atom. The van der Waals surface area contributed by atoms with Gasteiger partial charge in [-0.05, 0) is 23.3 Å². The molecule has 1 aliphatic heterocycles. The molecule has 0 unspecified atom stereocenters. The van der Waals surface area contributed by atoms with Gasteiger partial charge in [-0.15, -0.1) is 0 Å². The van der Waals surface area contributed by atoms with Crippen LogP contribution < -0.4 is 19.1 Å². The largest absolute Gasteiger partial charge is 0.493 e. The summed E-state index contributed by atoms with van der Waals surface area (Å²) >= 11 is 0. The Labute approximate surface area is 124 Å². The zero-order chi connectivity index (χ0) is 14.8. The Bertz CT molecular complexity index is 629. The van der Waals surface area contributed by atoms with E-state index in [0.29, 0.717) is 17.2 Å². The second-order valence-corrected chi connectivity index (χ2v) is 4.98. The Hall–Kier alpha value is -2.36. The molecule has 4 heteroatoms. The fourth-order valence-electron chi connectivity index (χ4n) is 2.84. The van der Waals surface area contributed by atoms with Gasteiger partial charge in [0.1, 0.15) is 0 Å². The highest BCUT2D eigenvalue weighted by Crippen LogP contribution is 2.45. The number of fused-ring (bicyclic) bond motifs is 1. The van der Waals surface area contributed by atoms with Gasteiger partial charge < -0.3 is 19.1 Å². The van der Waals surface area contributed by atoms with E-state index in [4.69, 9.17) is 14.2 Å². The van der Waals surface area contributed by atoms with Gasteiger partial charge >= 0.3 is 0 Å². The third-order valence-corrected chi connectivity index (χ3v) is 3.86. The number of rotatable bonds is 4. The molecule has 3 rings (SSSR count). The van der Waals surface area contributed by atoms with Crippen molar-refractivity contribution in [1.29, 1.82) is 0 Å². The van der Waals surface area contributed by atoms with E-state index in [1.54, 1.807) is 21.3 Å². The summed E-state index contributed by atoms with van der Waals surface area (Å²) < 4.78 is 16.4. The quantitative estimate of drug-likeness (QED) is 0.863. The minimum atomic E-state index is 0.633. The number of benzene rings is 2. The van der Waals surface area contributed by atoms with Crippen LogP contribution in [0, 0.1) is 0 Å². The lowest BCUT2D eigenvalue weighted by molar-refractivity contribution is 0.324. The van der Waals surface area contributed by atoms with Crippen molar-refractivity contribution in [1.82, 2.24) is 0 Å². The first kappa shape index (κ1) is 13.6. The molecule has 0 saturated carbocycles. The second-order valence-electron chi connectivity index (χ2n) is 4.98. The van der Waals surface area contributed by atoms with E-state index in [1.807, 2.05) is 12.1 Å². The number of anilines is 1. The first-order chi connectivity index (χ1) is 10.3. The molecule has 0 spiro atoms. The van der Waals surface area contributed by atoms with E-state index in [-0.39, 0.29) is 0 Å². The first-order valence-corrected chi connectivity index (χ1v) is 6.89. The molecule has 0 bridgehead atoms. The highest BCUT2D eigenvalue weighted by atomic mass is 16.5. The lowest BCUT2D eigenvalue weighted by atomic mass is 10.1. The van der Waals surface area contributed by atoms with Crippen LogP contribution in [0.1, 0.15) is 11.1 Å². The van der Waals surface area contributed by atoms with Crippen molar-refractivity contribution >= 4 is 5.69 Å². The zero-order valence-electron chi connectivity index (χ0n) is 12.6. The van der Waals surface area contributed by atoms with Crippen molar-refractivity contribution in [3.63, 3.8) is 0 Å². The summed E-state index contributed by atoms with van der Waals surface area (Å²) in [7, 11) is 4.91. The summed E-state index contributed by atoms with van der Waals surface area (Å²) in [4.78, 5) is 2.28. The SMILES string of the molecule is COc1ccc(N2Cc3ccccc3C2)c(OC)c1OC. The summed E-state index contributed by atoms with van der Waals surface area (Å²) in [6.07, 6.45) is 0. The second kappa shape index (κ2) is 5.56. The molecule has 0 fully saturated rings. The monoisotopic (exact) mass is 285 g/mol. The molecule has 1 heterocycles. The molecule has 110 valence electrons. The van der Waals surface area contributed by atoms with Crippen molar-refractivity contribution in [2.45, 2.75) is 13.1 Å². The van der Waals surface area contributed by atoms with Gasteiger partial charge in [0.15, 0.2) is 11.5 Å². The van der Waals surface area contributed by atoms with Gasteiger partial charge in [-0.3, -0.25) is 0 Å². The van der Waals surface area contributed by atoms with Gasteiger partial charge in [0.2, 0.25) is 5.75 Å². The van der Waals surface area contributed by atoms with Gasteiger partial charge in [0, 0.05) is 13.1 Å². The Morgan fingerprint density at radius 3 is 1.90 bits per heavy atom. The lowest BCUT2D eigenvalue weighted by Gasteiger charge is -2.23. The topological polar surface area (TPSA) is 30.9 Å². The smallest absolute Gasteiger partial charge is 0.205 e. The van der Waals surface area contributed by atoms with Crippen LogP contribution in [0.25, 0.3) is 0 Å². The number of hydrogen-bond acceptors (Lipinski definition) is 4. The van der Waals surface area contributed by atoms with Crippen LogP contribution in [0.3, 0.4) is 0 Å². The van der Waals surface area contributed by atoms with Gasteiger partial charge in [-0.1, -0.05) is 24.3 Å². The Kier molecular flexibility index (Phi) is 3.60. The van der Waals surface area contributed by atoms with Crippen LogP contribution in [0.15, 0.2) is 36.4 Å². The van der Waals surface area contributed by atoms with Gasteiger partial charge in [-0.25, -0.2) is 0 Å². The predicted octanol–water partition coefficient (Wildman–Crippen LogP) is 3.23. The maximum absolute atomic E-state index is 5.57.